The molecule has 102 valence electrons. The Bertz CT molecular complexity index is 592. The monoisotopic (exact) mass is 278 g/mol. The third-order valence-corrected chi connectivity index (χ3v) is 4.12. The molecule has 1 amide bonds. The number of amides is 1. The van der Waals surface area contributed by atoms with Crippen LogP contribution in [-0.2, 0) is 0 Å². The molecule has 4 nitrogen and oxygen atoms in total. The summed E-state index contributed by atoms with van der Waals surface area (Å²) in [5.74, 6) is 0.679. The standard InChI is InChI=1S/C14H18N2O2S/c1-3-4-7-16-14(17)13-12(15)10-6-5-9(18-2)8-11(10)19-13/h5-6,8H,3-4,7,15H2,1-2H3,(H,16,17). The van der Waals surface area contributed by atoms with Crippen molar-refractivity contribution in [1.82, 2.24) is 5.32 Å². The van der Waals surface area contributed by atoms with Crippen LogP contribution in [0.2, 0.25) is 0 Å². The highest BCUT2D eigenvalue weighted by atomic mass is 32.1. The summed E-state index contributed by atoms with van der Waals surface area (Å²) in [6.07, 6.45) is 2.03. The van der Waals surface area contributed by atoms with Crippen molar-refractivity contribution < 1.29 is 9.53 Å². The molecule has 0 atom stereocenters. The van der Waals surface area contributed by atoms with Crippen LogP contribution in [0, 0.1) is 0 Å². The fourth-order valence-electron chi connectivity index (χ4n) is 1.85. The molecule has 2 aromatic rings. The number of nitrogens with two attached hydrogens (primary N) is 1. The van der Waals surface area contributed by atoms with Gasteiger partial charge < -0.3 is 15.8 Å². The molecule has 1 aromatic carbocycles. The van der Waals surface area contributed by atoms with Crippen molar-refractivity contribution in [1.29, 1.82) is 0 Å². The fraction of sp³-hybridized carbons (Fsp3) is 0.357. The van der Waals surface area contributed by atoms with Crippen molar-refractivity contribution in [2.24, 2.45) is 0 Å². The van der Waals surface area contributed by atoms with Crippen LogP contribution in [0.4, 0.5) is 5.69 Å². The number of nitrogen functional groups attached to an aromatic ring is 1. The Kier molecular flexibility index (Phi) is 4.27. The van der Waals surface area contributed by atoms with E-state index in [4.69, 9.17) is 10.5 Å². The number of carbonyl (C=O) groups excluding carboxylic acids is 1. The number of rotatable bonds is 5. The Hall–Kier alpha value is -1.75. The molecule has 0 saturated heterocycles. The van der Waals surface area contributed by atoms with Gasteiger partial charge in [0.25, 0.3) is 5.91 Å². The van der Waals surface area contributed by atoms with E-state index in [9.17, 15) is 4.79 Å². The van der Waals surface area contributed by atoms with E-state index in [-0.39, 0.29) is 5.91 Å². The van der Waals surface area contributed by atoms with Crippen molar-refractivity contribution in [3.8, 4) is 5.75 Å². The van der Waals surface area contributed by atoms with Gasteiger partial charge in [0.15, 0.2) is 0 Å². The normalized spacial score (nSPS) is 10.6. The zero-order valence-electron chi connectivity index (χ0n) is 11.2. The van der Waals surface area contributed by atoms with Crippen LogP contribution in [0.5, 0.6) is 5.75 Å². The van der Waals surface area contributed by atoms with Gasteiger partial charge in [-0.15, -0.1) is 11.3 Å². The third-order valence-electron chi connectivity index (χ3n) is 2.96. The predicted molar refractivity (Wildman–Crippen MR) is 80.0 cm³/mol. The van der Waals surface area contributed by atoms with Gasteiger partial charge >= 0.3 is 0 Å². The second-order valence-corrected chi connectivity index (χ2v) is 5.37. The van der Waals surface area contributed by atoms with Crippen LogP contribution in [0.1, 0.15) is 29.4 Å². The molecule has 0 bridgehead atoms. The lowest BCUT2D eigenvalue weighted by Crippen LogP contribution is -2.24. The van der Waals surface area contributed by atoms with Crippen molar-refractivity contribution in [2.45, 2.75) is 19.8 Å². The summed E-state index contributed by atoms with van der Waals surface area (Å²) < 4.78 is 6.15. The molecule has 0 saturated carbocycles. The van der Waals surface area contributed by atoms with E-state index in [1.807, 2.05) is 18.2 Å². The lowest BCUT2D eigenvalue weighted by molar-refractivity contribution is 0.0958. The van der Waals surface area contributed by atoms with Crippen LogP contribution in [0.15, 0.2) is 18.2 Å². The fourth-order valence-corrected chi connectivity index (χ4v) is 2.92. The maximum Gasteiger partial charge on any atom is 0.263 e. The summed E-state index contributed by atoms with van der Waals surface area (Å²) in [5, 5.41) is 3.80. The highest BCUT2D eigenvalue weighted by Gasteiger charge is 2.16. The molecule has 0 aliphatic heterocycles. The zero-order valence-corrected chi connectivity index (χ0v) is 12.0. The van der Waals surface area contributed by atoms with E-state index in [2.05, 4.69) is 12.2 Å². The van der Waals surface area contributed by atoms with Gasteiger partial charge in [0.1, 0.15) is 10.6 Å². The number of fused-ring (bicyclic) bond motifs is 1. The van der Waals surface area contributed by atoms with Crippen LogP contribution in [0.3, 0.4) is 0 Å². The number of carbonyl (C=O) groups is 1. The second-order valence-electron chi connectivity index (χ2n) is 4.32. The molecule has 19 heavy (non-hydrogen) atoms. The summed E-state index contributed by atoms with van der Waals surface area (Å²) in [5.41, 5.74) is 6.60. The second kappa shape index (κ2) is 5.93. The molecule has 1 heterocycles. The average Bonchev–Trinajstić information content (AvgIpc) is 2.75. The number of methoxy groups -OCH3 is 1. The third kappa shape index (κ3) is 2.81. The SMILES string of the molecule is CCCCNC(=O)c1sc2cc(OC)ccc2c1N. The van der Waals surface area contributed by atoms with E-state index >= 15 is 0 Å². The van der Waals surface area contributed by atoms with Crippen LogP contribution in [-0.4, -0.2) is 19.6 Å². The van der Waals surface area contributed by atoms with Crippen molar-refractivity contribution in [2.75, 3.05) is 19.4 Å². The molecule has 0 fully saturated rings. The van der Waals surface area contributed by atoms with Crippen LogP contribution >= 0.6 is 11.3 Å². The number of hydrogen-bond acceptors (Lipinski definition) is 4. The molecule has 0 radical (unpaired) electrons. The Morgan fingerprint density at radius 2 is 2.26 bits per heavy atom. The quantitative estimate of drug-likeness (QED) is 0.826. The van der Waals surface area contributed by atoms with Crippen LogP contribution in [0.25, 0.3) is 10.1 Å². The molecule has 1 aromatic heterocycles. The number of anilines is 1. The smallest absolute Gasteiger partial charge is 0.263 e. The molecule has 0 aliphatic carbocycles. The van der Waals surface area contributed by atoms with Crippen LogP contribution < -0.4 is 15.8 Å². The first-order chi connectivity index (χ1) is 9.17. The molecule has 2 rings (SSSR count). The maximum atomic E-state index is 12.1. The minimum Gasteiger partial charge on any atom is -0.497 e. The summed E-state index contributed by atoms with van der Waals surface area (Å²) >= 11 is 1.40. The number of unbranched alkanes of at least 4 members (excludes halogenated alkanes) is 1. The Balaban J connectivity index is 2.28. The molecule has 0 unspecified atom stereocenters. The molecule has 5 heteroatoms. The van der Waals surface area contributed by atoms with E-state index in [1.165, 1.54) is 11.3 Å². The van der Waals surface area contributed by atoms with Gasteiger partial charge in [-0.25, -0.2) is 0 Å². The summed E-state index contributed by atoms with van der Waals surface area (Å²) in [7, 11) is 1.62. The lowest BCUT2D eigenvalue weighted by atomic mass is 10.2. The predicted octanol–water partition coefficient (Wildman–Crippen LogP) is 3.02. The van der Waals surface area contributed by atoms with Gasteiger partial charge in [-0.05, 0) is 24.6 Å². The van der Waals surface area contributed by atoms with Gasteiger partial charge in [-0.1, -0.05) is 13.3 Å². The Morgan fingerprint density at radius 3 is 2.95 bits per heavy atom. The topological polar surface area (TPSA) is 64.3 Å². The van der Waals surface area contributed by atoms with Crippen molar-refractivity contribution >= 4 is 33.0 Å². The molecule has 3 N–H and O–H groups in total. The number of nitrogens with one attached hydrogen (secondary N) is 1. The highest BCUT2D eigenvalue weighted by molar-refractivity contribution is 7.21. The van der Waals surface area contributed by atoms with E-state index in [0.29, 0.717) is 17.1 Å². The van der Waals surface area contributed by atoms with Gasteiger partial charge in [-0.2, -0.15) is 0 Å². The number of ether oxygens (including phenoxy) is 1. The summed E-state index contributed by atoms with van der Waals surface area (Å²) in [4.78, 5) is 12.6. The largest absolute Gasteiger partial charge is 0.497 e. The number of thiophene rings is 1. The maximum absolute atomic E-state index is 12.1. The van der Waals surface area contributed by atoms with Gasteiger partial charge in [0, 0.05) is 16.6 Å². The minimum atomic E-state index is -0.0916. The number of hydrogen-bond donors (Lipinski definition) is 2. The first kappa shape index (κ1) is 13.7. The average molecular weight is 278 g/mol. The Labute approximate surface area is 116 Å². The summed E-state index contributed by atoms with van der Waals surface area (Å²) in [6.45, 7) is 2.78. The number of benzene rings is 1. The minimum absolute atomic E-state index is 0.0916. The van der Waals surface area contributed by atoms with E-state index in [0.717, 1.165) is 28.7 Å². The zero-order chi connectivity index (χ0) is 13.8. The Morgan fingerprint density at radius 1 is 1.47 bits per heavy atom. The molecule has 0 aliphatic rings. The molecular formula is C14H18N2O2S. The molecule has 0 spiro atoms. The highest BCUT2D eigenvalue weighted by Crippen LogP contribution is 2.35. The molecular weight excluding hydrogens is 260 g/mol. The van der Waals surface area contributed by atoms with Gasteiger partial charge in [0.2, 0.25) is 0 Å². The van der Waals surface area contributed by atoms with Gasteiger partial charge in [-0.3, -0.25) is 4.79 Å². The lowest BCUT2D eigenvalue weighted by Gasteiger charge is -2.02. The van der Waals surface area contributed by atoms with E-state index in [1.54, 1.807) is 7.11 Å². The summed E-state index contributed by atoms with van der Waals surface area (Å²) in [6, 6.07) is 5.65. The van der Waals surface area contributed by atoms with Gasteiger partial charge in [0.05, 0.1) is 12.8 Å². The van der Waals surface area contributed by atoms with Crippen molar-refractivity contribution in [3.63, 3.8) is 0 Å². The van der Waals surface area contributed by atoms with Crippen molar-refractivity contribution in [3.05, 3.63) is 23.1 Å². The first-order valence-corrected chi connectivity index (χ1v) is 7.13. The first-order valence-electron chi connectivity index (χ1n) is 6.31. The van der Waals surface area contributed by atoms with E-state index < -0.39 is 0 Å².